The molecule has 0 saturated heterocycles. The predicted molar refractivity (Wildman–Crippen MR) is 74.2 cm³/mol. The fourth-order valence-electron chi connectivity index (χ4n) is 1.12. The van der Waals surface area contributed by atoms with E-state index in [1.807, 2.05) is 13.8 Å². The van der Waals surface area contributed by atoms with Crippen molar-refractivity contribution in [3.05, 3.63) is 28.2 Å². The van der Waals surface area contributed by atoms with Gasteiger partial charge in [0.15, 0.2) is 0 Å². The third-order valence-corrected chi connectivity index (χ3v) is 2.31. The van der Waals surface area contributed by atoms with Crippen LogP contribution in [0, 0.1) is 0 Å². The number of hydrogen-bond donors (Lipinski definition) is 0. The Kier molecular flexibility index (Phi) is 9.32. The first-order valence-electron chi connectivity index (χ1n) is 5.68. The first kappa shape index (κ1) is 16.9. The van der Waals surface area contributed by atoms with Gasteiger partial charge in [-0.05, 0) is 18.2 Å². The lowest BCUT2D eigenvalue weighted by Gasteiger charge is -2.07. The third kappa shape index (κ3) is 6.02. The first-order chi connectivity index (χ1) is 8.67. The highest BCUT2D eigenvalue weighted by molar-refractivity contribution is 9.10. The minimum Gasteiger partial charge on any atom is -0.491 e. The molecule has 0 aliphatic heterocycles. The number of rotatable bonds is 5. The Bertz CT molecular complexity index is 366. The van der Waals surface area contributed by atoms with E-state index in [4.69, 9.17) is 9.47 Å². The molecular formula is C13H19BrO4. The maximum Gasteiger partial charge on any atom is 0.338 e. The van der Waals surface area contributed by atoms with Gasteiger partial charge in [0.05, 0.1) is 19.3 Å². The quantitative estimate of drug-likeness (QED) is 0.617. The Morgan fingerprint density at radius 1 is 1.17 bits per heavy atom. The number of halogens is 1. The molecule has 0 saturated carbocycles. The zero-order valence-corrected chi connectivity index (χ0v) is 12.7. The standard InChI is InChI=1S/C11H13BrO4.C2H6/c1-14-3-4-16-10-6-8(11(13)15-2)5-9(12)7-10;1-2/h5-7H,3-4H2,1-2H3;1-2H3. The molecule has 0 aliphatic carbocycles. The van der Waals surface area contributed by atoms with Gasteiger partial charge in [-0.2, -0.15) is 0 Å². The van der Waals surface area contributed by atoms with Crippen molar-refractivity contribution in [2.24, 2.45) is 0 Å². The molecule has 5 heteroatoms. The first-order valence-corrected chi connectivity index (χ1v) is 6.47. The summed E-state index contributed by atoms with van der Waals surface area (Å²) < 4.78 is 15.7. The van der Waals surface area contributed by atoms with Crippen molar-refractivity contribution in [1.29, 1.82) is 0 Å². The summed E-state index contributed by atoms with van der Waals surface area (Å²) in [5.41, 5.74) is 0.448. The number of carbonyl (C=O) groups is 1. The number of methoxy groups -OCH3 is 2. The van der Waals surface area contributed by atoms with E-state index in [0.717, 1.165) is 4.47 Å². The van der Waals surface area contributed by atoms with Crippen LogP contribution in [0.4, 0.5) is 0 Å². The molecule has 0 unspecified atom stereocenters. The molecule has 0 aromatic heterocycles. The largest absolute Gasteiger partial charge is 0.491 e. The molecule has 0 spiro atoms. The van der Waals surface area contributed by atoms with E-state index in [0.29, 0.717) is 24.5 Å². The van der Waals surface area contributed by atoms with E-state index >= 15 is 0 Å². The lowest BCUT2D eigenvalue weighted by Crippen LogP contribution is -2.06. The molecule has 102 valence electrons. The van der Waals surface area contributed by atoms with Crippen LogP contribution in [0.25, 0.3) is 0 Å². The molecule has 0 fully saturated rings. The van der Waals surface area contributed by atoms with Crippen LogP contribution in [0.5, 0.6) is 5.75 Å². The summed E-state index contributed by atoms with van der Waals surface area (Å²) in [5, 5.41) is 0. The number of ether oxygens (including phenoxy) is 3. The maximum atomic E-state index is 11.3. The van der Waals surface area contributed by atoms with Gasteiger partial charge in [-0.1, -0.05) is 29.8 Å². The van der Waals surface area contributed by atoms with Crippen LogP contribution in [0.15, 0.2) is 22.7 Å². The summed E-state index contributed by atoms with van der Waals surface area (Å²) in [6.07, 6.45) is 0. The van der Waals surface area contributed by atoms with Crippen LogP contribution in [0.3, 0.4) is 0 Å². The third-order valence-electron chi connectivity index (χ3n) is 1.85. The van der Waals surface area contributed by atoms with E-state index in [1.165, 1.54) is 7.11 Å². The maximum absolute atomic E-state index is 11.3. The second-order valence-electron chi connectivity index (χ2n) is 3.01. The minimum absolute atomic E-state index is 0.391. The van der Waals surface area contributed by atoms with E-state index in [1.54, 1.807) is 25.3 Å². The smallest absolute Gasteiger partial charge is 0.338 e. The van der Waals surface area contributed by atoms with Crippen LogP contribution in [-0.2, 0) is 9.47 Å². The molecule has 0 aliphatic rings. The highest BCUT2D eigenvalue weighted by Crippen LogP contribution is 2.22. The van der Waals surface area contributed by atoms with Gasteiger partial charge >= 0.3 is 5.97 Å². The van der Waals surface area contributed by atoms with Gasteiger partial charge in [-0.15, -0.1) is 0 Å². The predicted octanol–water partition coefficient (Wildman–Crippen LogP) is 3.29. The van der Waals surface area contributed by atoms with Crippen molar-refractivity contribution in [2.75, 3.05) is 27.4 Å². The second kappa shape index (κ2) is 9.91. The van der Waals surface area contributed by atoms with Gasteiger partial charge in [0, 0.05) is 11.6 Å². The van der Waals surface area contributed by atoms with Crippen molar-refractivity contribution >= 4 is 21.9 Å². The topological polar surface area (TPSA) is 44.8 Å². The molecule has 4 nitrogen and oxygen atoms in total. The molecule has 0 atom stereocenters. The zero-order valence-electron chi connectivity index (χ0n) is 11.2. The summed E-state index contributed by atoms with van der Waals surface area (Å²) in [6, 6.07) is 5.09. The highest BCUT2D eigenvalue weighted by Gasteiger charge is 2.08. The Morgan fingerprint density at radius 3 is 2.39 bits per heavy atom. The summed E-state index contributed by atoms with van der Waals surface area (Å²) in [4.78, 5) is 11.3. The molecule has 1 rings (SSSR count). The number of carbonyl (C=O) groups excluding carboxylic acids is 1. The molecule has 0 amide bonds. The zero-order chi connectivity index (χ0) is 14.0. The van der Waals surface area contributed by atoms with Crippen molar-refractivity contribution in [3.63, 3.8) is 0 Å². The normalized spacial score (nSPS) is 9.17. The average Bonchev–Trinajstić information content (AvgIpc) is 2.40. The monoisotopic (exact) mass is 318 g/mol. The van der Waals surface area contributed by atoms with Crippen molar-refractivity contribution < 1.29 is 19.0 Å². The fourth-order valence-corrected chi connectivity index (χ4v) is 1.60. The van der Waals surface area contributed by atoms with Gasteiger partial charge in [0.25, 0.3) is 0 Å². The van der Waals surface area contributed by atoms with Gasteiger partial charge in [0.2, 0.25) is 0 Å². The number of hydrogen-bond acceptors (Lipinski definition) is 4. The molecule has 0 N–H and O–H groups in total. The van der Waals surface area contributed by atoms with E-state index < -0.39 is 5.97 Å². The molecule has 18 heavy (non-hydrogen) atoms. The van der Waals surface area contributed by atoms with Gasteiger partial charge in [-0.25, -0.2) is 4.79 Å². The van der Waals surface area contributed by atoms with Gasteiger partial charge in [-0.3, -0.25) is 0 Å². The van der Waals surface area contributed by atoms with Crippen molar-refractivity contribution in [2.45, 2.75) is 13.8 Å². The number of benzene rings is 1. The molecule has 1 aromatic rings. The SMILES string of the molecule is CC.COCCOc1cc(Br)cc(C(=O)OC)c1. The summed E-state index contributed by atoms with van der Waals surface area (Å²) >= 11 is 3.30. The van der Waals surface area contributed by atoms with Crippen LogP contribution in [0.1, 0.15) is 24.2 Å². The van der Waals surface area contributed by atoms with Crippen LogP contribution in [-0.4, -0.2) is 33.4 Å². The Morgan fingerprint density at radius 2 is 1.83 bits per heavy atom. The van der Waals surface area contributed by atoms with Gasteiger partial charge in [0.1, 0.15) is 12.4 Å². The Balaban J connectivity index is 0.00000137. The van der Waals surface area contributed by atoms with Crippen molar-refractivity contribution in [3.8, 4) is 5.75 Å². The van der Waals surface area contributed by atoms with E-state index in [-0.39, 0.29) is 0 Å². The van der Waals surface area contributed by atoms with E-state index in [9.17, 15) is 4.79 Å². The van der Waals surface area contributed by atoms with Crippen LogP contribution < -0.4 is 4.74 Å². The van der Waals surface area contributed by atoms with Crippen LogP contribution >= 0.6 is 15.9 Å². The molecule has 0 radical (unpaired) electrons. The molecular weight excluding hydrogens is 300 g/mol. The summed E-state index contributed by atoms with van der Waals surface area (Å²) in [6.45, 7) is 4.94. The lowest BCUT2D eigenvalue weighted by atomic mass is 10.2. The van der Waals surface area contributed by atoms with Gasteiger partial charge < -0.3 is 14.2 Å². The average molecular weight is 319 g/mol. The minimum atomic E-state index is -0.391. The Labute approximate surface area is 116 Å². The molecule has 0 bridgehead atoms. The summed E-state index contributed by atoms with van der Waals surface area (Å²) in [5.74, 6) is 0.213. The molecule has 0 heterocycles. The van der Waals surface area contributed by atoms with E-state index in [2.05, 4.69) is 20.7 Å². The fraction of sp³-hybridized carbons (Fsp3) is 0.462. The highest BCUT2D eigenvalue weighted by atomic mass is 79.9. The van der Waals surface area contributed by atoms with Crippen molar-refractivity contribution in [1.82, 2.24) is 0 Å². The summed E-state index contributed by atoms with van der Waals surface area (Å²) in [7, 11) is 2.94. The second-order valence-corrected chi connectivity index (χ2v) is 3.92. The lowest BCUT2D eigenvalue weighted by molar-refractivity contribution is 0.0600. The number of esters is 1. The molecule has 1 aromatic carbocycles. The van der Waals surface area contributed by atoms with Crippen LogP contribution in [0.2, 0.25) is 0 Å². The Hall–Kier alpha value is -1.07.